The zero-order valence-corrected chi connectivity index (χ0v) is 20.0. The highest BCUT2D eigenvalue weighted by molar-refractivity contribution is 5.99. The minimum Gasteiger partial charge on any atom is -0.497 e. The summed E-state index contributed by atoms with van der Waals surface area (Å²) in [6.45, 7) is 6.47. The maximum absolute atomic E-state index is 12.4. The minimum absolute atomic E-state index is 0.0600. The van der Waals surface area contributed by atoms with E-state index in [1.54, 1.807) is 48.5 Å². The summed E-state index contributed by atoms with van der Waals surface area (Å²) in [5, 5.41) is 8.28. The molecule has 178 valence electrons. The normalized spacial score (nSPS) is 11.1. The molecular formula is C27H26N4O4. The Bertz CT molecular complexity index is 1340. The monoisotopic (exact) mass is 470 g/mol. The number of benzene rings is 3. The van der Waals surface area contributed by atoms with Crippen molar-refractivity contribution in [3.05, 3.63) is 89.5 Å². The van der Waals surface area contributed by atoms with Gasteiger partial charge in [0.2, 0.25) is 11.8 Å². The summed E-state index contributed by atoms with van der Waals surface area (Å²) in [6, 6.07) is 21.3. The number of nitrogens with one attached hydrogen (secondary N) is 2. The van der Waals surface area contributed by atoms with Gasteiger partial charge in [0.15, 0.2) is 0 Å². The maximum Gasteiger partial charge on any atom is 0.269 e. The summed E-state index contributed by atoms with van der Waals surface area (Å²) in [5.74, 6) is 0.395. The number of ether oxygens (including phenoxy) is 1. The first-order valence-corrected chi connectivity index (χ1v) is 11.0. The Labute approximate surface area is 203 Å². The molecule has 2 N–H and O–H groups in total. The fraction of sp³-hybridized carbons (Fsp3) is 0.185. The van der Waals surface area contributed by atoms with Crippen LogP contribution in [0.2, 0.25) is 0 Å². The van der Waals surface area contributed by atoms with Crippen LogP contribution in [0, 0.1) is 0 Å². The lowest BCUT2D eigenvalue weighted by Gasteiger charge is -2.18. The third-order valence-electron chi connectivity index (χ3n) is 5.44. The lowest BCUT2D eigenvalue weighted by molar-refractivity contribution is 0.0846. The van der Waals surface area contributed by atoms with Gasteiger partial charge < -0.3 is 9.15 Å². The molecule has 0 bridgehead atoms. The summed E-state index contributed by atoms with van der Waals surface area (Å²) in [6.07, 6.45) is 0. The fourth-order valence-electron chi connectivity index (χ4n) is 3.36. The van der Waals surface area contributed by atoms with E-state index in [1.807, 2.05) is 12.1 Å². The molecule has 3 aromatic carbocycles. The highest BCUT2D eigenvalue weighted by Gasteiger charge is 2.16. The Morgan fingerprint density at radius 1 is 0.771 bits per heavy atom. The van der Waals surface area contributed by atoms with Crippen molar-refractivity contribution in [1.82, 2.24) is 21.0 Å². The molecular weight excluding hydrogens is 444 g/mol. The molecule has 0 fully saturated rings. The predicted molar refractivity (Wildman–Crippen MR) is 132 cm³/mol. The number of hydrogen-bond acceptors (Lipinski definition) is 6. The third-order valence-corrected chi connectivity index (χ3v) is 5.44. The molecule has 1 heterocycles. The van der Waals surface area contributed by atoms with E-state index in [4.69, 9.17) is 9.15 Å². The molecule has 8 nitrogen and oxygen atoms in total. The Balaban J connectivity index is 1.39. The van der Waals surface area contributed by atoms with Crippen molar-refractivity contribution in [3.63, 3.8) is 0 Å². The van der Waals surface area contributed by atoms with E-state index in [9.17, 15) is 9.59 Å². The van der Waals surface area contributed by atoms with E-state index in [0.29, 0.717) is 34.2 Å². The van der Waals surface area contributed by atoms with Crippen molar-refractivity contribution < 1.29 is 18.7 Å². The molecule has 2 amide bonds. The number of carbonyl (C=O) groups excluding carboxylic acids is 2. The van der Waals surface area contributed by atoms with Gasteiger partial charge in [-0.3, -0.25) is 20.4 Å². The van der Waals surface area contributed by atoms with Gasteiger partial charge >= 0.3 is 0 Å². The molecule has 1 aromatic heterocycles. The van der Waals surface area contributed by atoms with Crippen LogP contribution >= 0.6 is 0 Å². The van der Waals surface area contributed by atoms with Crippen molar-refractivity contribution in [2.24, 2.45) is 0 Å². The van der Waals surface area contributed by atoms with Crippen LogP contribution in [0.15, 0.2) is 77.2 Å². The van der Waals surface area contributed by atoms with Gasteiger partial charge in [-0.1, -0.05) is 39.0 Å². The fourth-order valence-corrected chi connectivity index (χ4v) is 3.36. The van der Waals surface area contributed by atoms with Crippen LogP contribution in [-0.4, -0.2) is 29.1 Å². The van der Waals surface area contributed by atoms with Gasteiger partial charge in [-0.2, -0.15) is 0 Å². The van der Waals surface area contributed by atoms with Crippen molar-refractivity contribution >= 4 is 11.8 Å². The van der Waals surface area contributed by atoms with Crippen molar-refractivity contribution in [2.45, 2.75) is 26.2 Å². The van der Waals surface area contributed by atoms with Gasteiger partial charge in [0, 0.05) is 22.3 Å². The lowest BCUT2D eigenvalue weighted by atomic mass is 9.87. The number of methoxy groups -OCH3 is 1. The van der Waals surface area contributed by atoms with Gasteiger partial charge in [-0.15, -0.1) is 10.2 Å². The number of hydrogen-bond donors (Lipinski definition) is 2. The van der Waals surface area contributed by atoms with Gasteiger partial charge in [-0.05, 0) is 65.6 Å². The molecule has 0 spiro atoms. The first-order valence-electron chi connectivity index (χ1n) is 11.0. The smallest absolute Gasteiger partial charge is 0.269 e. The van der Waals surface area contributed by atoms with Crippen LogP contribution in [0.3, 0.4) is 0 Å². The molecule has 0 aliphatic carbocycles. The summed E-state index contributed by atoms with van der Waals surface area (Å²) < 4.78 is 10.9. The number of rotatable bonds is 5. The molecule has 0 radical (unpaired) electrons. The molecule has 4 rings (SSSR count). The second-order valence-electron chi connectivity index (χ2n) is 8.96. The number of aromatic nitrogens is 2. The summed E-state index contributed by atoms with van der Waals surface area (Å²) in [5.41, 5.74) is 8.30. The quantitative estimate of drug-likeness (QED) is 0.407. The Hall–Kier alpha value is -4.46. The summed E-state index contributed by atoms with van der Waals surface area (Å²) >= 11 is 0. The second-order valence-corrected chi connectivity index (χ2v) is 8.96. The van der Waals surface area contributed by atoms with Crippen LogP contribution in [0.25, 0.3) is 22.9 Å². The van der Waals surface area contributed by atoms with Crippen LogP contribution in [-0.2, 0) is 5.41 Å². The lowest BCUT2D eigenvalue weighted by Crippen LogP contribution is -2.41. The molecule has 0 saturated heterocycles. The molecule has 0 aliphatic rings. The van der Waals surface area contributed by atoms with E-state index in [-0.39, 0.29) is 5.41 Å². The second kappa shape index (κ2) is 9.80. The molecule has 4 aromatic rings. The predicted octanol–water partition coefficient (Wildman–Crippen LogP) is 4.78. The van der Waals surface area contributed by atoms with Crippen LogP contribution < -0.4 is 15.6 Å². The van der Waals surface area contributed by atoms with E-state index < -0.39 is 11.8 Å². The van der Waals surface area contributed by atoms with E-state index in [1.165, 1.54) is 12.7 Å². The average Bonchev–Trinajstić information content (AvgIpc) is 3.37. The minimum atomic E-state index is -0.460. The zero-order chi connectivity index (χ0) is 25.0. The number of nitrogens with zero attached hydrogens (tertiary/aromatic N) is 2. The SMILES string of the molecule is COc1cccc(C(=O)NNC(=O)c2ccc(-c3nnc(-c4ccc(C(C)(C)C)cc4)o3)cc2)c1. The largest absolute Gasteiger partial charge is 0.497 e. The van der Waals surface area contributed by atoms with E-state index in [0.717, 1.165) is 5.56 Å². The number of carbonyl (C=O) groups is 2. The molecule has 35 heavy (non-hydrogen) atoms. The molecule has 0 aliphatic heterocycles. The van der Waals surface area contributed by atoms with Crippen LogP contribution in [0.1, 0.15) is 47.1 Å². The van der Waals surface area contributed by atoms with Gasteiger partial charge in [-0.25, -0.2) is 0 Å². The van der Waals surface area contributed by atoms with Gasteiger partial charge in [0.25, 0.3) is 11.8 Å². The maximum atomic E-state index is 12.4. The molecule has 0 saturated carbocycles. The zero-order valence-electron chi connectivity index (χ0n) is 20.0. The summed E-state index contributed by atoms with van der Waals surface area (Å²) in [7, 11) is 1.52. The third kappa shape index (κ3) is 5.55. The van der Waals surface area contributed by atoms with E-state index in [2.05, 4.69) is 54.0 Å². The van der Waals surface area contributed by atoms with Crippen molar-refractivity contribution in [2.75, 3.05) is 7.11 Å². The highest BCUT2D eigenvalue weighted by atomic mass is 16.5. The van der Waals surface area contributed by atoms with Crippen LogP contribution in [0.5, 0.6) is 5.75 Å². The average molecular weight is 471 g/mol. The number of hydrazine groups is 1. The Kier molecular flexibility index (Phi) is 6.64. The first-order chi connectivity index (χ1) is 16.7. The Morgan fingerprint density at radius 2 is 1.31 bits per heavy atom. The van der Waals surface area contributed by atoms with Crippen molar-refractivity contribution in [1.29, 1.82) is 0 Å². The first kappa shape index (κ1) is 23.7. The molecule has 0 unspecified atom stereocenters. The van der Waals surface area contributed by atoms with Gasteiger partial charge in [0.05, 0.1) is 7.11 Å². The van der Waals surface area contributed by atoms with Crippen molar-refractivity contribution in [3.8, 4) is 28.7 Å². The topological polar surface area (TPSA) is 106 Å². The highest BCUT2D eigenvalue weighted by Crippen LogP contribution is 2.27. The Morgan fingerprint density at radius 3 is 1.86 bits per heavy atom. The number of amides is 2. The molecule has 0 atom stereocenters. The van der Waals surface area contributed by atoms with Gasteiger partial charge in [0.1, 0.15) is 5.75 Å². The standard InChI is InChI=1S/C27H26N4O4/c1-27(2,3)21-14-12-19(13-15-21)26-31-30-25(35-26)18-10-8-17(9-11-18)23(32)28-29-24(33)20-6-5-7-22(16-20)34-4/h5-16H,1-4H3,(H,28,32)(H,29,33). The van der Waals surface area contributed by atoms with Crippen LogP contribution in [0.4, 0.5) is 0 Å². The van der Waals surface area contributed by atoms with E-state index >= 15 is 0 Å². The molecule has 8 heteroatoms. The summed E-state index contributed by atoms with van der Waals surface area (Å²) in [4.78, 5) is 24.7.